The molecule has 0 bridgehead atoms. The lowest BCUT2D eigenvalue weighted by atomic mass is 10.0. The van der Waals surface area contributed by atoms with Gasteiger partial charge in [-0.3, -0.25) is 4.79 Å². The van der Waals surface area contributed by atoms with Crippen molar-refractivity contribution >= 4 is 28.6 Å². The number of hydrogen-bond acceptors (Lipinski definition) is 4. The third kappa shape index (κ3) is 4.70. The van der Waals surface area contributed by atoms with E-state index in [0.717, 1.165) is 30.2 Å². The van der Waals surface area contributed by atoms with Crippen LogP contribution in [0, 0.1) is 5.92 Å². The summed E-state index contributed by atoms with van der Waals surface area (Å²) < 4.78 is 39.4. The number of thioether (sulfide) groups is 1. The molecule has 29 heavy (non-hydrogen) atoms. The molecule has 0 radical (unpaired) electrons. The minimum absolute atomic E-state index is 0.0195. The maximum atomic E-state index is 13.1. The van der Waals surface area contributed by atoms with E-state index in [9.17, 15) is 18.0 Å². The number of nitrogens with one attached hydrogen (secondary N) is 1. The van der Waals surface area contributed by atoms with Crippen LogP contribution < -0.4 is 5.32 Å². The first-order chi connectivity index (χ1) is 13.9. The molecule has 3 aromatic rings. The average molecular weight is 417 g/mol. The summed E-state index contributed by atoms with van der Waals surface area (Å²) in [4.78, 5) is 19.8. The van der Waals surface area contributed by atoms with Gasteiger partial charge in [-0.1, -0.05) is 60.3 Å². The van der Waals surface area contributed by atoms with Crippen molar-refractivity contribution in [3.05, 3.63) is 66.0 Å². The lowest BCUT2D eigenvalue weighted by Crippen LogP contribution is -2.31. The normalized spacial score (nSPS) is 15.3. The van der Waals surface area contributed by atoms with E-state index in [-0.39, 0.29) is 28.2 Å². The highest BCUT2D eigenvalue weighted by Gasteiger charge is 2.36. The molecule has 1 aliphatic carbocycles. The minimum Gasteiger partial charge on any atom is -0.348 e. The maximum absolute atomic E-state index is 13.1. The molecule has 4 rings (SSSR count). The predicted molar refractivity (Wildman–Crippen MR) is 105 cm³/mol. The Bertz CT molecular complexity index is 1020. The number of benzene rings is 2. The summed E-state index contributed by atoms with van der Waals surface area (Å²) in [6, 6.07) is 16.2. The number of nitrogens with zero attached hydrogens (tertiary/aromatic N) is 2. The summed E-state index contributed by atoms with van der Waals surface area (Å²) in [6.45, 7) is 0. The molecular formula is C21H18F3N3OS. The zero-order chi connectivity index (χ0) is 20.4. The Labute approximate surface area is 169 Å². The Hall–Kier alpha value is -2.61. The monoisotopic (exact) mass is 417 g/mol. The molecule has 1 N–H and O–H groups in total. The molecule has 1 fully saturated rings. The van der Waals surface area contributed by atoms with Crippen LogP contribution >= 0.6 is 11.8 Å². The van der Waals surface area contributed by atoms with E-state index in [1.54, 1.807) is 18.2 Å². The predicted octanol–water partition coefficient (Wildman–Crippen LogP) is 5.01. The van der Waals surface area contributed by atoms with Gasteiger partial charge >= 0.3 is 6.18 Å². The zero-order valence-electron chi connectivity index (χ0n) is 15.3. The summed E-state index contributed by atoms with van der Waals surface area (Å²) in [7, 11) is 0. The van der Waals surface area contributed by atoms with Gasteiger partial charge in [-0.2, -0.15) is 13.2 Å². The number of carbonyl (C=O) groups excluding carboxylic acids is 1. The molecule has 1 unspecified atom stereocenters. The van der Waals surface area contributed by atoms with Gasteiger partial charge in [-0.05, 0) is 30.4 Å². The molecular weight excluding hydrogens is 399 g/mol. The van der Waals surface area contributed by atoms with Crippen molar-refractivity contribution in [3.63, 3.8) is 0 Å². The van der Waals surface area contributed by atoms with Gasteiger partial charge in [0.25, 0.3) is 0 Å². The molecule has 1 aromatic heterocycles. The zero-order valence-corrected chi connectivity index (χ0v) is 16.1. The number of aromatic nitrogens is 2. The van der Waals surface area contributed by atoms with Crippen molar-refractivity contribution in [2.75, 3.05) is 5.75 Å². The van der Waals surface area contributed by atoms with E-state index in [0.29, 0.717) is 11.3 Å². The van der Waals surface area contributed by atoms with Gasteiger partial charge in [0.2, 0.25) is 11.7 Å². The first-order valence-electron chi connectivity index (χ1n) is 9.23. The highest BCUT2D eigenvalue weighted by Crippen LogP contribution is 2.41. The summed E-state index contributed by atoms with van der Waals surface area (Å²) in [5, 5.41) is 3.69. The number of rotatable bonds is 6. The van der Waals surface area contributed by atoms with Crippen LogP contribution in [0.15, 0.2) is 59.6 Å². The second-order valence-corrected chi connectivity index (χ2v) is 7.91. The number of hydrogen-bond donors (Lipinski definition) is 1. The second-order valence-electron chi connectivity index (χ2n) is 6.95. The van der Waals surface area contributed by atoms with Gasteiger partial charge in [0.1, 0.15) is 5.03 Å². The summed E-state index contributed by atoms with van der Waals surface area (Å²) in [5.74, 6) is -1.04. The first kappa shape index (κ1) is 19.7. The quantitative estimate of drug-likeness (QED) is 0.453. The Balaban J connectivity index is 1.51. The van der Waals surface area contributed by atoms with Crippen LogP contribution in [0.25, 0.3) is 10.9 Å². The van der Waals surface area contributed by atoms with E-state index >= 15 is 0 Å². The molecule has 0 aliphatic heterocycles. The van der Waals surface area contributed by atoms with Crippen molar-refractivity contribution in [1.29, 1.82) is 0 Å². The van der Waals surface area contributed by atoms with Crippen LogP contribution in [0.1, 0.15) is 30.3 Å². The number of amides is 1. The van der Waals surface area contributed by atoms with E-state index in [1.807, 2.05) is 30.3 Å². The van der Waals surface area contributed by atoms with Crippen LogP contribution in [0.4, 0.5) is 13.2 Å². The van der Waals surface area contributed by atoms with Crippen LogP contribution in [-0.4, -0.2) is 21.6 Å². The maximum Gasteiger partial charge on any atom is 0.451 e. The standard InChI is InChI=1S/C21H18F3N3OS/c22-21(23,24)20-25-16-9-5-4-8-15(16)19(27-20)29-12-17(28)26-18(14-10-11-14)13-6-2-1-3-7-13/h1-9,14,18H,10-12H2,(H,26,28). The number of carbonyl (C=O) groups is 1. The van der Waals surface area contributed by atoms with Crippen LogP contribution in [-0.2, 0) is 11.0 Å². The van der Waals surface area contributed by atoms with Crippen LogP contribution in [0.5, 0.6) is 0 Å². The lowest BCUT2D eigenvalue weighted by Gasteiger charge is -2.19. The molecule has 8 heteroatoms. The van der Waals surface area contributed by atoms with E-state index in [1.165, 1.54) is 6.07 Å². The Morgan fingerprint density at radius 1 is 1.07 bits per heavy atom. The third-order valence-electron chi connectivity index (χ3n) is 4.73. The molecule has 150 valence electrons. The van der Waals surface area contributed by atoms with Gasteiger partial charge < -0.3 is 5.32 Å². The molecule has 0 saturated heterocycles. The van der Waals surface area contributed by atoms with Crippen molar-refractivity contribution in [2.24, 2.45) is 5.92 Å². The Morgan fingerprint density at radius 3 is 2.45 bits per heavy atom. The Morgan fingerprint density at radius 2 is 1.76 bits per heavy atom. The van der Waals surface area contributed by atoms with Crippen molar-refractivity contribution in [2.45, 2.75) is 30.1 Å². The highest BCUT2D eigenvalue weighted by atomic mass is 32.2. The molecule has 0 spiro atoms. The lowest BCUT2D eigenvalue weighted by molar-refractivity contribution is -0.145. The fourth-order valence-electron chi connectivity index (χ4n) is 3.20. The van der Waals surface area contributed by atoms with Gasteiger partial charge in [-0.25, -0.2) is 9.97 Å². The van der Waals surface area contributed by atoms with Crippen LogP contribution in [0.3, 0.4) is 0 Å². The van der Waals surface area contributed by atoms with Gasteiger partial charge in [0, 0.05) is 5.39 Å². The number of halogens is 3. The van der Waals surface area contributed by atoms with Gasteiger partial charge in [0.05, 0.1) is 17.3 Å². The smallest absolute Gasteiger partial charge is 0.348 e. The number of para-hydroxylation sites is 1. The fraction of sp³-hybridized carbons (Fsp3) is 0.286. The number of fused-ring (bicyclic) bond motifs is 1. The van der Waals surface area contributed by atoms with Crippen LogP contribution in [0.2, 0.25) is 0 Å². The summed E-state index contributed by atoms with van der Waals surface area (Å²) >= 11 is 0.994. The third-order valence-corrected chi connectivity index (χ3v) is 5.72. The minimum atomic E-state index is -4.65. The van der Waals surface area contributed by atoms with E-state index in [2.05, 4.69) is 15.3 Å². The van der Waals surface area contributed by atoms with E-state index in [4.69, 9.17) is 0 Å². The Kier molecular flexibility index (Phi) is 5.45. The molecule has 1 heterocycles. The molecule has 1 amide bonds. The largest absolute Gasteiger partial charge is 0.451 e. The molecule has 1 atom stereocenters. The molecule has 4 nitrogen and oxygen atoms in total. The van der Waals surface area contributed by atoms with Gasteiger partial charge in [0.15, 0.2) is 0 Å². The first-order valence-corrected chi connectivity index (χ1v) is 10.2. The van der Waals surface area contributed by atoms with Crippen molar-refractivity contribution in [3.8, 4) is 0 Å². The van der Waals surface area contributed by atoms with Crippen molar-refractivity contribution in [1.82, 2.24) is 15.3 Å². The summed E-state index contributed by atoms with van der Waals surface area (Å²) in [6.07, 6.45) is -2.54. The van der Waals surface area contributed by atoms with E-state index < -0.39 is 12.0 Å². The SMILES string of the molecule is O=C(CSc1nc(C(F)(F)F)nc2ccccc12)NC(c1ccccc1)C1CC1. The summed E-state index contributed by atoms with van der Waals surface area (Å²) in [5.41, 5.74) is 1.25. The topological polar surface area (TPSA) is 54.9 Å². The molecule has 2 aromatic carbocycles. The van der Waals surface area contributed by atoms with Crippen molar-refractivity contribution < 1.29 is 18.0 Å². The highest BCUT2D eigenvalue weighted by molar-refractivity contribution is 8.00. The fourth-order valence-corrected chi connectivity index (χ4v) is 4.03. The number of alkyl halides is 3. The average Bonchev–Trinajstić information content (AvgIpc) is 3.55. The van der Waals surface area contributed by atoms with Gasteiger partial charge in [-0.15, -0.1) is 0 Å². The second kappa shape index (κ2) is 8.02. The molecule has 1 saturated carbocycles. The molecule has 1 aliphatic rings.